The Morgan fingerprint density at radius 1 is 0.645 bits per heavy atom. The number of hydrogen-bond acceptors (Lipinski definition) is 11. The van der Waals surface area contributed by atoms with Crippen LogP contribution in [0.2, 0.25) is 10.0 Å². The van der Waals surface area contributed by atoms with Gasteiger partial charge in [-0.05, 0) is 41.8 Å². The van der Waals surface area contributed by atoms with Crippen molar-refractivity contribution >= 4 is 161 Å². The number of hydrazone groups is 2. The van der Waals surface area contributed by atoms with Gasteiger partial charge in [-0.1, -0.05) is 173 Å². The van der Waals surface area contributed by atoms with Crippen LogP contribution < -0.4 is 10.0 Å². The van der Waals surface area contributed by atoms with E-state index in [-0.39, 0.29) is 17.9 Å². The molecule has 24 heteroatoms. The fraction of sp³-hybridized carbons (Fsp3) is 0.115. The van der Waals surface area contributed by atoms with Gasteiger partial charge >= 0.3 is 11.9 Å². The molecule has 1 N–H and O–H groups in total. The van der Waals surface area contributed by atoms with Crippen LogP contribution >= 0.6 is 61.8 Å². The Morgan fingerprint density at radius 3 is 1.47 bits per heavy atom. The molecule has 0 unspecified atom stereocenters. The fourth-order valence-corrected chi connectivity index (χ4v) is 9.08. The molecule has 11 radical (unpaired) electrons. The number of aromatic carboxylic acids is 1. The Bertz CT molecular complexity index is 3110. The molecule has 0 atom stereocenters. The van der Waals surface area contributed by atoms with Crippen LogP contribution in [0.5, 0.6) is 0 Å². The van der Waals surface area contributed by atoms with E-state index in [2.05, 4.69) is 60.4 Å². The third-order valence-corrected chi connectivity index (χ3v) is 13.6. The number of thiazole rings is 2. The number of benzene rings is 6. The van der Waals surface area contributed by atoms with Crippen molar-refractivity contribution in [2.45, 2.75) is 12.8 Å². The number of rotatable bonds is 18. The second-order valence-electron chi connectivity index (χ2n) is 16.2. The maximum absolute atomic E-state index is 12.6. The van der Waals surface area contributed by atoms with Crippen LogP contribution in [0.1, 0.15) is 43.0 Å². The van der Waals surface area contributed by atoms with E-state index in [4.69, 9.17) is 66.6 Å². The molecule has 8 aromatic rings. The van der Waals surface area contributed by atoms with Crippen molar-refractivity contribution in [3.63, 3.8) is 0 Å². The molecule has 0 aliphatic rings. The summed E-state index contributed by atoms with van der Waals surface area (Å²) in [4.78, 5) is 33.0. The summed E-state index contributed by atoms with van der Waals surface area (Å²) in [5.74, 6) is -1.36. The van der Waals surface area contributed by atoms with Gasteiger partial charge in [-0.25, -0.2) is 29.6 Å². The second-order valence-corrected chi connectivity index (χ2v) is 19.5. The zero-order valence-corrected chi connectivity index (χ0v) is 46.4. The van der Waals surface area contributed by atoms with Crippen LogP contribution in [0, 0.1) is 0 Å². The molecule has 0 spiro atoms. The molecular weight excluding hydrogens is 1080 g/mol. The van der Waals surface area contributed by atoms with Crippen LogP contribution in [0.15, 0.2) is 179 Å². The molecule has 6 aromatic carbocycles. The summed E-state index contributed by atoms with van der Waals surface area (Å²) in [6.45, 7) is 0.318. The summed E-state index contributed by atoms with van der Waals surface area (Å²) in [6.07, 6.45) is 3.49. The molecule has 8 rings (SSSR count). The predicted molar refractivity (Wildman–Crippen MR) is 333 cm³/mol. The Morgan fingerprint density at radius 2 is 1.05 bits per heavy atom. The molecule has 0 amide bonds. The monoisotopic (exact) mass is 1130 g/mol. The van der Waals surface area contributed by atoms with Crippen molar-refractivity contribution in [2.24, 2.45) is 10.2 Å². The highest BCUT2D eigenvalue weighted by atomic mass is 79.9. The lowest BCUT2D eigenvalue weighted by Crippen LogP contribution is -2.55. The molecule has 0 fully saturated rings. The van der Waals surface area contributed by atoms with E-state index >= 15 is 0 Å². The summed E-state index contributed by atoms with van der Waals surface area (Å²) in [7, 11) is 31.0. The molecule has 2 aromatic heterocycles. The predicted octanol–water partition coefficient (Wildman–Crippen LogP) is 10.2. The van der Waals surface area contributed by atoms with Crippen LogP contribution in [-0.2, 0) is 17.6 Å². The summed E-state index contributed by atoms with van der Waals surface area (Å²) in [5, 5.41) is 28.8. The number of hydrogen-bond donors (Lipinski definition) is 1. The SMILES string of the molecule is BrCCc1ccccc1.CN(/N=C/c1ccccc1C(=O)O)c1nc(-c2ccccc2Cl)cs1.CN(/N=C/c1ccccc1C(=O)OCCc1ccccc1)c1nc(-c2ccccc2Cl)cs1.[B][B]B(B([B])[B])B([B])[B]. The van der Waals surface area contributed by atoms with Crippen LogP contribution in [0.25, 0.3) is 22.5 Å². The molecule has 0 saturated heterocycles. The number of anilines is 2. The Labute approximate surface area is 480 Å². The third kappa shape index (κ3) is 19.6. The van der Waals surface area contributed by atoms with Crippen molar-refractivity contribution in [1.82, 2.24) is 9.97 Å². The summed E-state index contributed by atoms with van der Waals surface area (Å²) in [5.41, 5.74) is 7.72. The van der Waals surface area contributed by atoms with Gasteiger partial charge in [-0.3, -0.25) is 0 Å². The van der Waals surface area contributed by atoms with E-state index in [1.807, 2.05) is 121 Å². The van der Waals surface area contributed by atoms with Gasteiger partial charge in [0.1, 0.15) is 0 Å². The lowest BCUT2D eigenvalue weighted by atomic mass is 8.64. The molecule has 367 valence electrons. The maximum Gasteiger partial charge on any atom is 0.338 e. The van der Waals surface area contributed by atoms with Crippen molar-refractivity contribution in [3.8, 4) is 22.5 Å². The molecular formula is C52H45B9BrCl2N6O4S2. The fourth-order valence-electron chi connectivity index (χ4n) is 6.66. The molecule has 10 nitrogen and oxygen atoms in total. The van der Waals surface area contributed by atoms with Gasteiger partial charge in [0.25, 0.3) is 0 Å². The summed E-state index contributed by atoms with van der Waals surface area (Å²) in [6, 6.07) is 49.4. The molecule has 0 aliphatic carbocycles. The normalized spacial score (nSPS) is 10.4. The zero-order valence-electron chi connectivity index (χ0n) is 41.7. The van der Waals surface area contributed by atoms with Gasteiger partial charge in [0.2, 0.25) is 10.3 Å². The van der Waals surface area contributed by atoms with Crippen LogP contribution in [0.4, 0.5) is 10.3 Å². The molecule has 76 heavy (non-hydrogen) atoms. The minimum absolute atomic E-state index is 0.204. The number of alkyl halides is 1. The van der Waals surface area contributed by atoms with Crippen molar-refractivity contribution in [3.05, 3.63) is 212 Å². The minimum Gasteiger partial charge on any atom is -0.478 e. The molecule has 0 saturated carbocycles. The number of nitrogens with zero attached hydrogens (tertiary/aromatic N) is 6. The number of carbonyl (C=O) groups is 2. The average Bonchev–Trinajstić information content (AvgIpc) is 4.13. The van der Waals surface area contributed by atoms with Crippen molar-refractivity contribution in [1.29, 1.82) is 0 Å². The number of aryl methyl sites for hydroxylation is 1. The van der Waals surface area contributed by atoms with Crippen LogP contribution in [0.3, 0.4) is 0 Å². The van der Waals surface area contributed by atoms with Gasteiger partial charge in [0.05, 0.1) is 41.6 Å². The number of esters is 1. The first-order chi connectivity index (χ1) is 36.7. The highest BCUT2D eigenvalue weighted by molar-refractivity contribution is 9.09. The second kappa shape index (κ2) is 32.6. The van der Waals surface area contributed by atoms with E-state index in [9.17, 15) is 14.7 Å². The number of halogens is 3. The highest BCUT2D eigenvalue weighted by Crippen LogP contribution is 2.33. The van der Waals surface area contributed by atoms with E-state index < -0.39 is 18.7 Å². The van der Waals surface area contributed by atoms with Crippen molar-refractivity contribution < 1.29 is 19.4 Å². The number of carbonyl (C=O) groups excluding carboxylic acids is 1. The topological polar surface area (TPSA) is 121 Å². The first-order valence-electron chi connectivity index (χ1n) is 23.5. The highest BCUT2D eigenvalue weighted by Gasteiger charge is 2.19. The Kier molecular flexibility index (Phi) is 26.2. The smallest absolute Gasteiger partial charge is 0.338 e. The number of carboxylic acids is 1. The largest absolute Gasteiger partial charge is 0.478 e. The number of carboxylic acid groups (broad SMARTS) is 1. The Balaban J connectivity index is 0.000000216. The lowest BCUT2D eigenvalue weighted by molar-refractivity contribution is 0.0508. The van der Waals surface area contributed by atoms with E-state index in [0.717, 1.165) is 39.8 Å². The first kappa shape index (κ1) is 61.0. The molecule has 0 aliphatic heterocycles. The van der Waals surface area contributed by atoms with Crippen molar-refractivity contribution in [2.75, 3.05) is 36.1 Å². The zero-order chi connectivity index (χ0) is 54.8. The van der Waals surface area contributed by atoms with Gasteiger partial charge in [-0.2, -0.15) is 10.2 Å². The molecule has 2 heterocycles. The van der Waals surface area contributed by atoms with E-state index in [1.165, 1.54) is 41.5 Å². The average molecular weight is 1130 g/mol. The standard InChI is InChI=1S/C26H22ClN3O2S.C18H14ClN3O2S.C8H9Br.B9/c1-30(26-29-24(18-33-26)22-13-7-8-14-23(22)27)28-17-20-11-5-6-12-21(20)25(31)32-16-15-19-9-3-2-4-10-19;1-22(20-10-12-6-2-3-7-13(12)17(23)24)18-21-16(11-25-18)14-8-4-5-9-15(14)19;9-7-6-8-4-2-1-3-5-8;1-6-9(7(2)3)8(4)5/h2-14,17-18H,15-16H2,1H3;2-11H,1H3,(H,23,24);1-5H,6-7H2;/b28-17+;20-10+;;. The third-order valence-electron chi connectivity index (χ3n) is 10.8. The quantitative estimate of drug-likeness (QED) is 0.0297. The van der Waals surface area contributed by atoms with E-state index in [0.29, 0.717) is 50.0 Å². The lowest BCUT2D eigenvalue weighted by Gasteiger charge is -2.17. The molecule has 0 bridgehead atoms. The van der Waals surface area contributed by atoms with Gasteiger partial charge < -0.3 is 9.84 Å². The Hall–Kier alpha value is -5.90. The maximum atomic E-state index is 12.6. The summed E-state index contributed by atoms with van der Waals surface area (Å²) < 4.78 is 5.49. The van der Waals surface area contributed by atoms with Gasteiger partial charge in [0, 0.05) is 134 Å². The number of ether oxygens (including phenoxy) is 1. The minimum atomic E-state index is -0.986. The summed E-state index contributed by atoms with van der Waals surface area (Å²) >= 11 is 18.8. The van der Waals surface area contributed by atoms with Gasteiger partial charge in [-0.15, -0.1) is 22.7 Å². The number of aromatic nitrogens is 2. The van der Waals surface area contributed by atoms with Gasteiger partial charge in [0.15, 0.2) is 0 Å². The van der Waals surface area contributed by atoms with E-state index in [1.54, 1.807) is 53.6 Å². The first-order valence-corrected chi connectivity index (χ1v) is 27.1. The van der Waals surface area contributed by atoms with Crippen LogP contribution in [-0.4, -0.2) is 130 Å².